The zero-order valence-corrected chi connectivity index (χ0v) is 15.1. The normalized spacial score (nSPS) is 11.2. The Morgan fingerprint density at radius 1 is 1.07 bits per heavy atom. The predicted octanol–water partition coefficient (Wildman–Crippen LogP) is 1.23. The van der Waals surface area contributed by atoms with Crippen molar-refractivity contribution < 1.29 is 24.0 Å². The van der Waals surface area contributed by atoms with Crippen LogP contribution in [0.4, 0.5) is 5.69 Å². The summed E-state index contributed by atoms with van der Waals surface area (Å²) in [6.07, 6.45) is -0.123. The molecule has 2 N–H and O–H groups in total. The first kappa shape index (κ1) is 20.6. The van der Waals surface area contributed by atoms with Gasteiger partial charge in [-0.3, -0.25) is 19.7 Å². The van der Waals surface area contributed by atoms with Crippen molar-refractivity contribution in [3.63, 3.8) is 0 Å². The van der Waals surface area contributed by atoms with Gasteiger partial charge in [-0.25, -0.2) is 4.79 Å². The summed E-state index contributed by atoms with van der Waals surface area (Å²) >= 11 is 0. The average molecular weight is 385 g/mol. The SMILES string of the molecule is COC(=O)[C@@H](Cc1ccccc1[N+](=O)[O-])NC(=O)CNC(=O)c1ccccc1. The molecule has 1 atom stereocenters. The number of hydrogen-bond donors (Lipinski definition) is 2. The summed E-state index contributed by atoms with van der Waals surface area (Å²) in [5.74, 6) is -1.82. The minimum Gasteiger partial charge on any atom is -0.467 e. The van der Waals surface area contributed by atoms with Crippen LogP contribution >= 0.6 is 0 Å². The van der Waals surface area contributed by atoms with E-state index in [9.17, 15) is 24.5 Å². The highest BCUT2D eigenvalue weighted by Gasteiger charge is 2.25. The smallest absolute Gasteiger partial charge is 0.328 e. The van der Waals surface area contributed by atoms with Gasteiger partial charge in [-0.2, -0.15) is 0 Å². The molecule has 2 aromatic carbocycles. The van der Waals surface area contributed by atoms with Crippen LogP contribution in [0, 0.1) is 10.1 Å². The van der Waals surface area contributed by atoms with Crippen molar-refractivity contribution >= 4 is 23.5 Å². The van der Waals surface area contributed by atoms with Gasteiger partial charge >= 0.3 is 5.97 Å². The van der Waals surface area contributed by atoms with Crippen molar-refractivity contribution in [2.75, 3.05) is 13.7 Å². The number of rotatable bonds is 8. The maximum Gasteiger partial charge on any atom is 0.328 e. The van der Waals surface area contributed by atoms with Crippen LogP contribution in [0.25, 0.3) is 0 Å². The number of hydrogen-bond acceptors (Lipinski definition) is 6. The largest absolute Gasteiger partial charge is 0.467 e. The second-order valence-corrected chi connectivity index (χ2v) is 5.78. The molecule has 28 heavy (non-hydrogen) atoms. The lowest BCUT2D eigenvalue weighted by Gasteiger charge is -2.17. The van der Waals surface area contributed by atoms with Crippen LogP contribution < -0.4 is 10.6 Å². The number of ether oxygens (including phenoxy) is 1. The fourth-order valence-corrected chi connectivity index (χ4v) is 2.51. The zero-order valence-electron chi connectivity index (χ0n) is 15.1. The third-order valence-corrected chi connectivity index (χ3v) is 3.88. The first-order valence-electron chi connectivity index (χ1n) is 8.35. The number of benzene rings is 2. The molecule has 146 valence electrons. The number of nitro benzene ring substituents is 1. The van der Waals surface area contributed by atoms with E-state index in [1.165, 1.54) is 18.2 Å². The molecule has 0 aliphatic rings. The number of esters is 1. The van der Waals surface area contributed by atoms with Crippen molar-refractivity contribution in [1.29, 1.82) is 0 Å². The molecule has 0 unspecified atom stereocenters. The molecular weight excluding hydrogens is 366 g/mol. The van der Waals surface area contributed by atoms with E-state index in [1.54, 1.807) is 36.4 Å². The van der Waals surface area contributed by atoms with Gasteiger partial charge in [-0.1, -0.05) is 36.4 Å². The number of amides is 2. The monoisotopic (exact) mass is 385 g/mol. The summed E-state index contributed by atoms with van der Waals surface area (Å²) in [6, 6.07) is 13.1. The molecule has 0 heterocycles. The van der Waals surface area contributed by atoms with E-state index in [0.29, 0.717) is 5.56 Å². The van der Waals surface area contributed by atoms with Gasteiger partial charge in [-0.05, 0) is 12.1 Å². The van der Waals surface area contributed by atoms with Crippen molar-refractivity contribution in [1.82, 2.24) is 10.6 Å². The fraction of sp³-hybridized carbons (Fsp3) is 0.211. The highest BCUT2D eigenvalue weighted by molar-refractivity contribution is 5.96. The van der Waals surface area contributed by atoms with Crippen LogP contribution in [0.5, 0.6) is 0 Å². The number of nitrogens with zero attached hydrogens (tertiary/aromatic N) is 1. The van der Waals surface area contributed by atoms with Gasteiger partial charge < -0.3 is 15.4 Å². The van der Waals surface area contributed by atoms with E-state index < -0.39 is 28.7 Å². The molecule has 0 saturated heterocycles. The Morgan fingerprint density at radius 2 is 1.71 bits per heavy atom. The number of para-hydroxylation sites is 1. The van der Waals surface area contributed by atoms with Crippen LogP contribution in [0.2, 0.25) is 0 Å². The molecule has 9 nitrogen and oxygen atoms in total. The molecule has 0 saturated carbocycles. The van der Waals surface area contributed by atoms with Crippen LogP contribution in [-0.2, 0) is 20.7 Å². The zero-order chi connectivity index (χ0) is 20.5. The van der Waals surface area contributed by atoms with E-state index in [2.05, 4.69) is 15.4 Å². The first-order valence-corrected chi connectivity index (χ1v) is 8.35. The molecule has 0 fully saturated rings. The van der Waals surface area contributed by atoms with Crippen LogP contribution in [0.3, 0.4) is 0 Å². The molecular formula is C19H19N3O6. The number of nitrogens with one attached hydrogen (secondary N) is 2. The molecule has 0 aliphatic carbocycles. The molecule has 0 aromatic heterocycles. The fourth-order valence-electron chi connectivity index (χ4n) is 2.51. The summed E-state index contributed by atoms with van der Waals surface area (Å²) in [6.45, 7) is -0.363. The number of carbonyl (C=O) groups excluding carboxylic acids is 3. The van der Waals surface area contributed by atoms with Crippen LogP contribution in [0.15, 0.2) is 54.6 Å². The van der Waals surface area contributed by atoms with Crippen molar-refractivity contribution in [3.8, 4) is 0 Å². The molecule has 0 radical (unpaired) electrons. The van der Waals surface area contributed by atoms with Crippen LogP contribution in [-0.4, -0.2) is 42.4 Å². The Hall–Kier alpha value is -3.75. The molecule has 0 spiro atoms. The third-order valence-electron chi connectivity index (χ3n) is 3.88. The molecule has 9 heteroatoms. The Bertz CT molecular complexity index is 869. The maximum atomic E-state index is 12.2. The third kappa shape index (κ3) is 5.63. The number of carbonyl (C=O) groups is 3. The topological polar surface area (TPSA) is 128 Å². The summed E-state index contributed by atoms with van der Waals surface area (Å²) in [4.78, 5) is 46.7. The highest BCUT2D eigenvalue weighted by Crippen LogP contribution is 2.19. The van der Waals surface area contributed by atoms with Crippen LogP contribution in [0.1, 0.15) is 15.9 Å². The van der Waals surface area contributed by atoms with Gasteiger partial charge in [-0.15, -0.1) is 0 Å². The lowest BCUT2D eigenvalue weighted by atomic mass is 10.0. The van der Waals surface area contributed by atoms with E-state index in [0.717, 1.165) is 7.11 Å². The Kier molecular flexibility index (Phi) is 7.21. The number of methoxy groups -OCH3 is 1. The van der Waals surface area contributed by atoms with Gasteiger partial charge in [0.25, 0.3) is 11.6 Å². The summed E-state index contributed by atoms with van der Waals surface area (Å²) in [7, 11) is 1.15. The van der Waals surface area contributed by atoms with Crippen molar-refractivity contribution in [2.24, 2.45) is 0 Å². The Balaban J connectivity index is 2.02. The highest BCUT2D eigenvalue weighted by atomic mass is 16.6. The summed E-state index contributed by atoms with van der Waals surface area (Å²) in [5.41, 5.74) is 0.499. The molecule has 2 aromatic rings. The lowest BCUT2D eigenvalue weighted by molar-refractivity contribution is -0.385. The van der Waals surface area contributed by atoms with Gasteiger partial charge in [0.1, 0.15) is 6.04 Å². The minimum absolute atomic E-state index is 0.123. The van der Waals surface area contributed by atoms with Crippen molar-refractivity contribution in [2.45, 2.75) is 12.5 Å². The standard InChI is InChI=1S/C19H19N3O6/c1-28-19(25)15(11-14-9-5-6-10-16(14)22(26)27)21-17(23)12-20-18(24)13-7-3-2-4-8-13/h2-10,15H,11-12H2,1H3,(H,20,24)(H,21,23)/t15-/m1/s1. The lowest BCUT2D eigenvalue weighted by Crippen LogP contribution is -2.47. The average Bonchev–Trinajstić information content (AvgIpc) is 2.71. The van der Waals surface area contributed by atoms with E-state index in [-0.39, 0.29) is 24.2 Å². The molecule has 2 rings (SSSR count). The second kappa shape index (κ2) is 9.81. The second-order valence-electron chi connectivity index (χ2n) is 5.78. The van der Waals surface area contributed by atoms with Gasteiger partial charge in [0.05, 0.1) is 18.6 Å². The first-order chi connectivity index (χ1) is 13.4. The van der Waals surface area contributed by atoms with Gasteiger partial charge in [0, 0.05) is 23.6 Å². The summed E-state index contributed by atoms with van der Waals surface area (Å²) in [5, 5.41) is 16.0. The van der Waals surface area contributed by atoms with E-state index >= 15 is 0 Å². The van der Waals surface area contributed by atoms with E-state index in [4.69, 9.17) is 0 Å². The quantitative estimate of drug-likeness (QED) is 0.400. The molecule has 0 aliphatic heterocycles. The van der Waals surface area contributed by atoms with Crippen molar-refractivity contribution in [3.05, 3.63) is 75.8 Å². The Morgan fingerprint density at radius 3 is 2.36 bits per heavy atom. The molecule has 2 amide bonds. The number of nitro groups is 1. The minimum atomic E-state index is -1.13. The summed E-state index contributed by atoms with van der Waals surface area (Å²) < 4.78 is 4.67. The van der Waals surface area contributed by atoms with Gasteiger partial charge in [0.15, 0.2) is 0 Å². The maximum absolute atomic E-state index is 12.2. The predicted molar refractivity (Wildman–Crippen MR) is 99.5 cm³/mol. The molecule has 0 bridgehead atoms. The van der Waals surface area contributed by atoms with Gasteiger partial charge in [0.2, 0.25) is 5.91 Å². The Labute approximate surface area is 160 Å². The van der Waals surface area contributed by atoms with E-state index in [1.807, 2.05) is 0 Å².